The van der Waals surface area contributed by atoms with E-state index in [1.165, 1.54) is 19.4 Å². The molecule has 3 rings (SSSR count). The maximum Gasteiger partial charge on any atom is 0.323 e. The molecule has 2 N–H and O–H groups in total. The summed E-state index contributed by atoms with van der Waals surface area (Å²) in [6.07, 6.45) is 1.45. The van der Waals surface area contributed by atoms with Crippen LogP contribution >= 0.6 is 0 Å². The van der Waals surface area contributed by atoms with Crippen LogP contribution < -0.4 is 15.4 Å². The molecule has 1 aliphatic heterocycles. The number of hydrogen-bond donors (Lipinski definition) is 2. The van der Waals surface area contributed by atoms with Crippen molar-refractivity contribution in [2.75, 3.05) is 43.9 Å². The van der Waals surface area contributed by atoms with Crippen molar-refractivity contribution < 1.29 is 18.7 Å². The van der Waals surface area contributed by atoms with E-state index in [0.717, 1.165) is 0 Å². The van der Waals surface area contributed by atoms with Gasteiger partial charge in [-0.2, -0.15) is 0 Å². The van der Waals surface area contributed by atoms with Crippen molar-refractivity contribution in [2.24, 2.45) is 0 Å². The van der Waals surface area contributed by atoms with Gasteiger partial charge in [0, 0.05) is 51.3 Å². The van der Waals surface area contributed by atoms with E-state index in [0.29, 0.717) is 49.9 Å². The number of carbonyl (C=O) groups is 2. The normalized spacial score (nSPS) is 14.4. The number of halogens is 1. The smallest absolute Gasteiger partial charge is 0.323 e. The van der Waals surface area contributed by atoms with Crippen LogP contribution in [0.5, 0.6) is 5.88 Å². The Balaban J connectivity index is 1.59. The van der Waals surface area contributed by atoms with Crippen molar-refractivity contribution in [3.63, 3.8) is 0 Å². The number of piperazine rings is 1. The first-order valence-corrected chi connectivity index (χ1v) is 9.29. The van der Waals surface area contributed by atoms with E-state index in [-0.39, 0.29) is 11.6 Å². The highest BCUT2D eigenvalue weighted by molar-refractivity contribution is 5.99. The molecule has 1 aromatic heterocycles. The van der Waals surface area contributed by atoms with Gasteiger partial charge in [0.05, 0.1) is 24.7 Å². The summed E-state index contributed by atoms with van der Waals surface area (Å²) in [7, 11) is 1.50. The molecule has 9 heteroatoms. The number of benzene rings is 1. The third-order valence-electron chi connectivity index (χ3n) is 4.74. The second kappa shape index (κ2) is 9.33. The van der Waals surface area contributed by atoms with Gasteiger partial charge in [0.25, 0.3) is 0 Å². The fourth-order valence-corrected chi connectivity index (χ4v) is 3.12. The maximum atomic E-state index is 14.9. The molecule has 0 saturated carbocycles. The average Bonchev–Trinajstić information content (AvgIpc) is 2.72. The minimum atomic E-state index is -0.567. The molecule has 29 heavy (non-hydrogen) atoms. The van der Waals surface area contributed by atoms with E-state index in [2.05, 4.69) is 20.5 Å². The van der Waals surface area contributed by atoms with Gasteiger partial charge in [-0.25, -0.2) is 14.2 Å². The SMILES string of the molecule is COc1ccc(NC(=O)Nc2cccc(CN3CCN(C(C)=O)CC3)c2F)cn1. The molecule has 2 aromatic rings. The van der Waals surface area contributed by atoms with Crippen LogP contribution in [0.25, 0.3) is 0 Å². The van der Waals surface area contributed by atoms with E-state index in [4.69, 9.17) is 4.74 Å². The third-order valence-corrected chi connectivity index (χ3v) is 4.74. The lowest BCUT2D eigenvalue weighted by Crippen LogP contribution is -2.47. The molecule has 0 spiro atoms. The Morgan fingerprint density at radius 2 is 1.90 bits per heavy atom. The zero-order valence-corrected chi connectivity index (χ0v) is 16.4. The monoisotopic (exact) mass is 401 g/mol. The van der Waals surface area contributed by atoms with Crippen LogP contribution in [0.3, 0.4) is 0 Å². The molecule has 8 nitrogen and oxygen atoms in total. The lowest BCUT2D eigenvalue weighted by molar-refractivity contribution is -0.130. The minimum absolute atomic E-state index is 0.0556. The van der Waals surface area contributed by atoms with Gasteiger partial charge < -0.3 is 20.3 Å². The van der Waals surface area contributed by atoms with Crippen molar-refractivity contribution >= 4 is 23.3 Å². The number of nitrogens with one attached hydrogen (secondary N) is 2. The number of urea groups is 1. The van der Waals surface area contributed by atoms with Crippen LogP contribution in [0.4, 0.5) is 20.6 Å². The standard InChI is InChI=1S/C20H24FN5O3/c1-14(27)26-10-8-25(9-11-26)13-15-4-3-5-17(19(15)21)24-20(28)23-16-6-7-18(29-2)22-12-16/h3-7,12H,8-11,13H2,1-2H3,(H2,23,24,28). The Bertz CT molecular complexity index is 867. The fraction of sp³-hybridized carbons (Fsp3) is 0.350. The molecule has 1 aromatic carbocycles. The van der Waals surface area contributed by atoms with Crippen LogP contribution in [0.2, 0.25) is 0 Å². The van der Waals surface area contributed by atoms with Gasteiger partial charge in [-0.3, -0.25) is 9.69 Å². The number of methoxy groups -OCH3 is 1. The van der Waals surface area contributed by atoms with E-state index >= 15 is 0 Å². The summed E-state index contributed by atoms with van der Waals surface area (Å²) in [5, 5.41) is 5.13. The number of nitrogens with zero attached hydrogens (tertiary/aromatic N) is 3. The second-order valence-electron chi connectivity index (χ2n) is 6.73. The first-order valence-electron chi connectivity index (χ1n) is 9.29. The van der Waals surface area contributed by atoms with E-state index in [1.807, 2.05) is 0 Å². The van der Waals surface area contributed by atoms with Gasteiger partial charge in [0.1, 0.15) is 0 Å². The van der Waals surface area contributed by atoms with Crippen molar-refractivity contribution in [1.82, 2.24) is 14.8 Å². The fourth-order valence-electron chi connectivity index (χ4n) is 3.12. The first-order chi connectivity index (χ1) is 14.0. The molecule has 3 amide bonds. The zero-order valence-electron chi connectivity index (χ0n) is 16.4. The van der Waals surface area contributed by atoms with Crippen LogP contribution in [-0.2, 0) is 11.3 Å². The number of rotatable bonds is 5. The Hall–Kier alpha value is -3.20. The van der Waals surface area contributed by atoms with E-state index in [9.17, 15) is 14.0 Å². The number of amides is 3. The Morgan fingerprint density at radius 3 is 2.52 bits per heavy atom. The molecule has 1 fully saturated rings. The summed E-state index contributed by atoms with van der Waals surface area (Å²) in [6, 6.07) is 7.60. The van der Waals surface area contributed by atoms with Gasteiger partial charge in [-0.05, 0) is 12.1 Å². The summed E-state index contributed by atoms with van der Waals surface area (Å²) >= 11 is 0. The summed E-state index contributed by atoms with van der Waals surface area (Å²) in [5.74, 6) is 0.0171. The topological polar surface area (TPSA) is 86.8 Å². The average molecular weight is 401 g/mol. The molecule has 154 valence electrons. The molecule has 1 saturated heterocycles. The molecule has 0 radical (unpaired) electrons. The third kappa shape index (κ3) is 5.41. The highest BCUT2D eigenvalue weighted by Gasteiger charge is 2.20. The van der Waals surface area contributed by atoms with Gasteiger partial charge in [-0.15, -0.1) is 0 Å². The molecule has 0 atom stereocenters. The molecule has 1 aliphatic rings. The predicted molar refractivity (Wildman–Crippen MR) is 107 cm³/mol. The van der Waals surface area contributed by atoms with Crippen molar-refractivity contribution in [2.45, 2.75) is 13.5 Å². The quantitative estimate of drug-likeness (QED) is 0.804. The molecule has 0 bridgehead atoms. The summed E-state index contributed by atoms with van der Waals surface area (Å²) in [5.41, 5.74) is 1.05. The van der Waals surface area contributed by atoms with Crippen LogP contribution in [0.1, 0.15) is 12.5 Å². The van der Waals surface area contributed by atoms with Crippen LogP contribution in [0, 0.1) is 5.82 Å². The molecular formula is C20H24FN5O3. The summed E-state index contributed by atoms with van der Waals surface area (Å²) in [4.78, 5) is 31.5. The second-order valence-corrected chi connectivity index (χ2v) is 6.73. The maximum absolute atomic E-state index is 14.9. The lowest BCUT2D eigenvalue weighted by Gasteiger charge is -2.34. The van der Waals surface area contributed by atoms with Gasteiger partial charge in [-0.1, -0.05) is 12.1 Å². The minimum Gasteiger partial charge on any atom is -0.481 e. The zero-order chi connectivity index (χ0) is 20.8. The molecule has 0 unspecified atom stereocenters. The number of pyridine rings is 1. The van der Waals surface area contributed by atoms with Crippen molar-refractivity contribution in [3.8, 4) is 5.88 Å². The number of hydrogen-bond acceptors (Lipinski definition) is 5. The highest BCUT2D eigenvalue weighted by Crippen LogP contribution is 2.21. The van der Waals surface area contributed by atoms with Crippen LogP contribution in [-0.4, -0.2) is 60.0 Å². The predicted octanol–water partition coefficient (Wildman–Crippen LogP) is 2.54. The molecular weight excluding hydrogens is 377 g/mol. The van der Waals surface area contributed by atoms with Crippen LogP contribution in [0.15, 0.2) is 36.5 Å². The Morgan fingerprint density at radius 1 is 1.14 bits per heavy atom. The number of carbonyl (C=O) groups excluding carboxylic acids is 2. The Kier molecular flexibility index (Phi) is 6.61. The van der Waals surface area contributed by atoms with E-state index in [1.54, 1.807) is 36.1 Å². The van der Waals surface area contributed by atoms with Gasteiger partial charge in [0.2, 0.25) is 11.8 Å². The number of ether oxygens (including phenoxy) is 1. The van der Waals surface area contributed by atoms with Gasteiger partial charge >= 0.3 is 6.03 Å². The van der Waals surface area contributed by atoms with E-state index < -0.39 is 11.8 Å². The summed E-state index contributed by atoms with van der Waals surface area (Å²) < 4.78 is 19.8. The lowest BCUT2D eigenvalue weighted by atomic mass is 10.1. The largest absolute Gasteiger partial charge is 0.481 e. The van der Waals surface area contributed by atoms with Crippen molar-refractivity contribution in [3.05, 3.63) is 47.9 Å². The highest BCUT2D eigenvalue weighted by atomic mass is 19.1. The molecule has 0 aliphatic carbocycles. The number of aromatic nitrogens is 1. The Labute approximate surface area is 168 Å². The number of anilines is 2. The molecule has 2 heterocycles. The van der Waals surface area contributed by atoms with Crippen molar-refractivity contribution in [1.29, 1.82) is 0 Å². The van der Waals surface area contributed by atoms with Gasteiger partial charge in [0.15, 0.2) is 5.82 Å². The summed E-state index contributed by atoms with van der Waals surface area (Å²) in [6.45, 7) is 4.60. The first kappa shape index (κ1) is 20.5.